The van der Waals surface area contributed by atoms with Crippen molar-refractivity contribution in [3.05, 3.63) is 23.8 Å². The lowest BCUT2D eigenvalue weighted by Crippen LogP contribution is -2.43. The zero-order valence-electron chi connectivity index (χ0n) is 10.5. The molecule has 0 saturated carbocycles. The third-order valence-corrected chi connectivity index (χ3v) is 2.43. The number of carbonyl (C=O) groups is 2. The Hall–Kier alpha value is -2.28. The van der Waals surface area contributed by atoms with Crippen molar-refractivity contribution in [1.29, 1.82) is 0 Å². The Morgan fingerprint density at radius 1 is 1.32 bits per heavy atom. The number of ether oxygens (including phenoxy) is 2. The van der Waals surface area contributed by atoms with Gasteiger partial charge in [-0.05, 0) is 12.1 Å². The number of carbonyl (C=O) groups excluding carboxylic acids is 1. The van der Waals surface area contributed by atoms with Crippen LogP contribution in [0.25, 0.3) is 0 Å². The van der Waals surface area contributed by atoms with Crippen LogP contribution in [-0.2, 0) is 4.79 Å². The molecule has 0 aliphatic carbocycles. The van der Waals surface area contributed by atoms with Crippen LogP contribution in [0.3, 0.4) is 0 Å². The molecule has 19 heavy (non-hydrogen) atoms. The van der Waals surface area contributed by atoms with Gasteiger partial charge in [0.05, 0.1) is 26.4 Å². The smallest absolute Gasteiger partial charge is 0.328 e. The summed E-state index contributed by atoms with van der Waals surface area (Å²) >= 11 is 0. The number of benzene rings is 1. The first-order chi connectivity index (χ1) is 9.04. The van der Waals surface area contributed by atoms with Crippen LogP contribution in [0, 0.1) is 0 Å². The van der Waals surface area contributed by atoms with Gasteiger partial charge in [-0.2, -0.15) is 0 Å². The standard InChI is InChI=1S/C12H15NO6/c1-18-9-5-3-4-7(10(9)19-2)11(15)13-8(6-14)12(16)17/h3-5,8,14H,6H2,1-2H3,(H,13,15)(H,16,17)/t8-/m0/s1. The predicted molar refractivity (Wildman–Crippen MR) is 65.5 cm³/mol. The fraction of sp³-hybridized carbons (Fsp3) is 0.333. The molecular weight excluding hydrogens is 254 g/mol. The van der Waals surface area contributed by atoms with Gasteiger partial charge in [0.2, 0.25) is 0 Å². The number of carboxylic acids is 1. The molecule has 0 spiro atoms. The molecule has 0 saturated heterocycles. The molecule has 1 aromatic rings. The van der Waals surface area contributed by atoms with Crippen molar-refractivity contribution in [2.24, 2.45) is 0 Å². The predicted octanol–water partition coefficient (Wildman–Crippen LogP) is -0.121. The van der Waals surface area contributed by atoms with E-state index >= 15 is 0 Å². The molecule has 0 fully saturated rings. The fourth-order valence-corrected chi connectivity index (χ4v) is 1.49. The topological polar surface area (TPSA) is 105 Å². The van der Waals surface area contributed by atoms with Crippen LogP contribution in [0.2, 0.25) is 0 Å². The maximum Gasteiger partial charge on any atom is 0.328 e. The van der Waals surface area contributed by atoms with Crippen LogP contribution in [0.5, 0.6) is 11.5 Å². The summed E-state index contributed by atoms with van der Waals surface area (Å²) in [5.41, 5.74) is 0.126. The molecule has 3 N–H and O–H groups in total. The fourth-order valence-electron chi connectivity index (χ4n) is 1.49. The van der Waals surface area contributed by atoms with Gasteiger partial charge in [-0.25, -0.2) is 4.79 Å². The summed E-state index contributed by atoms with van der Waals surface area (Å²) in [6, 6.07) is 3.28. The van der Waals surface area contributed by atoms with Gasteiger partial charge in [0, 0.05) is 0 Å². The van der Waals surface area contributed by atoms with Crippen molar-refractivity contribution in [1.82, 2.24) is 5.32 Å². The van der Waals surface area contributed by atoms with Crippen molar-refractivity contribution >= 4 is 11.9 Å². The summed E-state index contributed by atoms with van der Waals surface area (Å²) in [7, 11) is 2.79. The molecule has 1 aromatic carbocycles. The summed E-state index contributed by atoms with van der Waals surface area (Å²) in [5, 5.41) is 19.8. The van der Waals surface area contributed by atoms with Gasteiger partial charge in [-0.1, -0.05) is 6.07 Å². The van der Waals surface area contributed by atoms with Crippen LogP contribution < -0.4 is 14.8 Å². The molecule has 0 aliphatic heterocycles. The molecule has 0 bridgehead atoms. The Morgan fingerprint density at radius 2 is 2.00 bits per heavy atom. The first-order valence-electron chi connectivity index (χ1n) is 5.40. The Morgan fingerprint density at radius 3 is 2.47 bits per heavy atom. The Kier molecular flexibility index (Phi) is 5.13. The average molecular weight is 269 g/mol. The molecule has 7 heteroatoms. The minimum Gasteiger partial charge on any atom is -0.493 e. The van der Waals surface area contributed by atoms with Crippen LogP contribution in [-0.4, -0.2) is 49.0 Å². The maximum atomic E-state index is 11.9. The van der Waals surface area contributed by atoms with Crippen molar-refractivity contribution in [2.75, 3.05) is 20.8 Å². The number of hydrogen-bond donors (Lipinski definition) is 3. The number of rotatable bonds is 6. The molecule has 104 valence electrons. The van der Waals surface area contributed by atoms with E-state index in [9.17, 15) is 9.59 Å². The second-order valence-electron chi connectivity index (χ2n) is 3.59. The molecule has 0 aliphatic rings. The van der Waals surface area contributed by atoms with E-state index in [0.29, 0.717) is 5.75 Å². The Bertz CT molecular complexity index is 473. The summed E-state index contributed by atoms with van der Waals surface area (Å²) in [5.74, 6) is -1.44. The van der Waals surface area contributed by atoms with Crippen LogP contribution in [0.1, 0.15) is 10.4 Å². The molecule has 7 nitrogen and oxygen atoms in total. The minimum atomic E-state index is -1.37. The van der Waals surface area contributed by atoms with E-state index in [1.54, 1.807) is 12.1 Å². The van der Waals surface area contributed by atoms with Gasteiger partial charge >= 0.3 is 5.97 Å². The molecule has 1 atom stereocenters. The number of aliphatic carboxylic acids is 1. The lowest BCUT2D eigenvalue weighted by atomic mass is 10.1. The highest BCUT2D eigenvalue weighted by molar-refractivity contribution is 5.99. The summed E-state index contributed by atoms with van der Waals surface area (Å²) in [6.45, 7) is -0.701. The van der Waals surface area contributed by atoms with E-state index in [0.717, 1.165) is 0 Å². The first kappa shape index (κ1) is 14.8. The lowest BCUT2D eigenvalue weighted by molar-refractivity contribution is -0.140. The van der Waals surface area contributed by atoms with Gasteiger partial charge in [-0.15, -0.1) is 0 Å². The number of methoxy groups -OCH3 is 2. The van der Waals surface area contributed by atoms with E-state index in [1.165, 1.54) is 20.3 Å². The molecule has 0 unspecified atom stereocenters. The van der Waals surface area contributed by atoms with Crippen molar-refractivity contribution in [3.8, 4) is 11.5 Å². The van der Waals surface area contributed by atoms with Crippen molar-refractivity contribution in [2.45, 2.75) is 6.04 Å². The lowest BCUT2D eigenvalue weighted by Gasteiger charge is -2.15. The van der Waals surface area contributed by atoms with Crippen molar-refractivity contribution in [3.63, 3.8) is 0 Å². The van der Waals surface area contributed by atoms with E-state index < -0.39 is 24.5 Å². The number of para-hydroxylation sites is 1. The average Bonchev–Trinajstić information content (AvgIpc) is 2.42. The largest absolute Gasteiger partial charge is 0.493 e. The molecule has 0 radical (unpaired) electrons. The van der Waals surface area contributed by atoms with Gasteiger partial charge in [-0.3, -0.25) is 4.79 Å². The van der Waals surface area contributed by atoms with Gasteiger partial charge in [0.1, 0.15) is 0 Å². The van der Waals surface area contributed by atoms with Gasteiger partial charge < -0.3 is 25.0 Å². The zero-order valence-corrected chi connectivity index (χ0v) is 10.5. The maximum absolute atomic E-state index is 11.9. The zero-order chi connectivity index (χ0) is 14.4. The summed E-state index contributed by atoms with van der Waals surface area (Å²) in [6.07, 6.45) is 0. The van der Waals surface area contributed by atoms with Crippen LogP contribution >= 0.6 is 0 Å². The third kappa shape index (κ3) is 3.35. The van der Waals surface area contributed by atoms with E-state index in [-0.39, 0.29) is 11.3 Å². The highest BCUT2D eigenvalue weighted by atomic mass is 16.5. The number of carboxylic acid groups (broad SMARTS) is 1. The normalized spacial score (nSPS) is 11.5. The number of amides is 1. The quantitative estimate of drug-likeness (QED) is 0.665. The minimum absolute atomic E-state index is 0.126. The van der Waals surface area contributed by atoms with Gasteiger partial charge in [0.25, 0.3) is 5.91 Å². The first-order valence-corrected chi connectivity index (χ1v) is 5.40. The van der Waals surface area contributed by atoms with Crippen LogP contribution in [0.4, 0.5) is 0 Å². The number of nitrogens with one attached hydrogen (secondary N) is 1. The molecule has 1 rings (SSSR count). The molecular formula is C12H15NO6. The van der Waals surface area contributed by atoms with E-state index in [4.69, 9.17) is 19.7 Å². The second-order valence-corrected chi connectivity index (χ2v) is 3.59. The SMILES string of the molecule is COc1cccc(C(=O)N[C@@H](CO)C(=O)O)c1OC. The molecule has 1 amide bonds. The molecule has 0 aromatic heterocycles. The highest BCUT2D eigenvalue weighted by Crippen LogP contribution is 2.30. The summed E-state index contributed by atoms with van der Waals surface area (Å²) in [4.78, 5) is 22.7. The second kappa shape index (κ2) is 6.60. The van der Waals surface area contributed by atoms with Crippen molar-refractivity contribution < 1.29 is 29.3 Å². The Balaban J connectivity index is 3.02. The number of hydrogen-bond acceptors (Lipinski definition) is 5. The monoisotopic (exact) mass is 269 g/mol. The highest BCUT2D eigenvalue weighted by Gasteiger charge is 2.22. The number of aliphatic hydroxyl groups excluding tert-OH is 1. The Labute approximate surface area is 109 Å². The van der Waals surface area contributed by atoms with Gasteiger partial charge in [0.15, 0.2) is 17.5 Å². The van der Waals surface area contributed by atoms with Crippen LogP contribution in [0.15, 0.2) is 18.2 Å². The molecule has 0 heterocycles. The van der Waals surface area contributed by atoms with E-state index in [1.807, 2.05) is 0 Å². The van der Waals surface area contributed by atoms with E-state index in [2.05, 4.69) is 5.32 Å². The number of aliphatic hydroxyl groups is 1. The third-order valence-electron chi connectivity index (χ3n) is 2.43. The summed E-state index contributed by atoms with van der Waals surface area (Å²) < 4.78 is 10.1.